The van der Waals surface area contributed by atoms with Crippen molar-refractivity contribution in [3.8, 4) is 11.5 Å². The highest BCUT2D eigenvalue weighted by atomic mass is 16.4. The summed E-state index contributed by atoms with van der Waals surface area (Å²) in [7, 11) is 0. The third kappa shape index (κ3) is 3.80. The fourth-order valence-corrected chi connectivity index (χ4v) is 3.85. The van der Waals surface area contributed by atoms with Crippen LogP contribution in [0.2, 0.25) is 0 Å². The van der Waals surface area contributed by atoms with Crippen molar-refractivity contribution in [3.63, 3.8) is 0 Å². The molecule has 4 rings (SSSR count). The molecule has 5 nitrogen and oxygen atoms in total. The van der Waals surface area contributed by atoms with Crippen molar-refractivity contribution in [2.45, 2.75) is 52.2 Å². The number of hydrogen-bond acceptors (Lipinski definition) is 4. The maximum absolute atomic E-state index is 11.5. The zero-order valence-electron chi connectivity index (χ0n) is 16.7. The Labute approximate surface area is 165 Å². The van der Waals surface area contributed by atoms with Gasteiger partial charge in [-0.25, -0.2) is 4.98 Å². The van der Waals surface area contributed by atoms with Crippen molar-refractivity contribution in [2.24, 2.45) is 0 Å². The Morgan fingerprint density at radius 1 is 1.21 bits per heavy atom. The van der Waals surface area contributed by atoms with Crippen LogP contribution in [0.5, 0.6) is 0 Å². The molecule has 1 fully saturated rings. The summed E-state index contributed by atoms with van der Waals surface area (Å²) in [5.74, 6) is 1.68. The first-order valence-corrected chi connectivity index (χ1v) is 9.99. The van der Waals surface area contributed by atoms with Gasteiger partial charge in [0.05, 0.1) is 5.69 Å². The molecule has 1 amide bonds. The number of hydrogen-bond donors (Lipinski definition) is 1. The molecule has 0 bridgehead atoms. The number of benzene rings is 2. The molecular weight excluding hydrogens is 350 g/mol. The number of amides is 1. The van der Waals surface area contributed by atoms with Gasteiger partial charge in [0.2, 0.25) is 11.8 Å². The lowest BCUT2D eigenvalue weighted by Gasteiger charge is -2.28. The lowest BCUT2D eigenvalue weighted by molar-refractivity contribution is -0.119. The lowest BCUT2D eigenvalue weighted by Crippen LogP contribution is -2.41. The molecule has 2 heterocycles. The first-order valence-electron chi connectivity index (χ1n) is 9.99. The van der Waals surface area contributed by atoms with Gasteiger partial charge in [-0.2, -0.15) is 0 Å². The Morgan fingerprint density at radius 2 is 2.00 bits per heavy atom. The second-order valence-electron chi connectivity index (χ2n) is 7.87. The van der Waals surface area contributed by atoms with Gasteiger partial charge in [0.15, 0.2) is 0 Å². The zero-order chi connectivity index (χ0) is 19.7. The molecule has 1 aliphatic rings. The summed E-state index contributed by atoms with van der Waals surface area (Å²) in [5, 5.41) is 5.39. The minimum atomic E-state index is 0.157. The molecule has 5 heteroatoms. The van der Waals surface area contributed by atoms with Crippen molar-refractivity contribution in [1.29, 1.82) is 0 Å². The first-order chi connectivity index (χ1) is 13.5. The molecule has 1 atom stereocenters. The predicted molar refractivity (Wildman–Crippen MR) is 111 cm³/mol. The number of aryl methyl sites for hydroxylation is 1. The Morgan fingerprint density at radius 3 is 2.75 bits per heavy atom. The van der Waals surface area contributed by atoms with Gasteiger partial charge in [-0.3, -0.25) is 9.69 Å². The highest BCUT2D eigenvalue weighted by Crippen LogP contribution is 2.30. The van der Waals surface area contributed by atoms with Crippen LogP contribution in [0.25, 0.3) is 22.2 Å². The fourth-order valence-electron chi connectivity index (χ4n) is 3.85. The summed E-state index contributed by atoms with van der Waals surface area (Å²) < 4.78 is 6.07. The summed E-state index contributed by atoms with van der Waals surface area (Å²) in [6, 6.07) is 15.1. The van der Waals surface area contributed by atoms with Gasteiger partial charge >= 0.3 is 0 Å². The second kappa shape index (κ2) is 7.76. The number of nitrogens with zero attached hydrogens (tertiary/aromatic N) is 2. The van der Waals surface area contributed by atoms with E-state index >= 15 is 0 Å². The lowest BCUT2D eigenvalue weighted by atomic mass is 10.0. The van der Waals surface area contributed by atoms with E-state index in [4.69, 9.17) is 9.40 Å². The molecule has 0 saturated carbocycles. The Hall–Kier alpha value is -2.66. The summed E-state index contributed by atoms with van der Waals surface area (Å²) >= 11 is 0. The second-order valence-corrected chi connectivity index (χ2v) is 7.87. The largest absolute Gasteiger partial charge is 0.441 e. The third-order valence-electron chi connectivity index (χ3n) is 5.54. The molecule has 28 heavy (non-hydrogen) atoms. The normalized spacial score (nSPS) is 17.0. The van der Waals surface area contributed by atoms with Crippen molar-refractivity contribution >= 4 is 16.7 Å². The fraction of sp³-hybridized carbons (Fsp3) is 0.391. The highest BCUT2D eigenvalue weighted by Gasteiger charge is 2.25. The minimum absolute atomic E-state index is 0.157. The average Bonchev–Trinajstić information content (AvgIpc) is 3.26. The van der Waals surface area contributed by atoms with Gasteiger partial charge in [-0.1, -0.05) is 36.4 Å². The highest BCUT2D eigenvalue weighted by molar-refractivity contribution is 5.94. The SMILES string of the molecule is Cc1oc(-c2cccc3ccccc23)nc1CN(CC1CCC(=O)N1)C(C)C. The monoisotopic (exact) mass is 377 g/mol. The number of oxazole rings is 1. The molecule has 3 aromatic rings. The van der Waals surface area contributed by atoms with Crippen LogP contribution in [0, 0.1) is 6.92 Å². The van der Waals surface area contributed by atoms with Crippen LogP contribution in [0.3, 0.4) is 0 Å². The average molecular weight is 377 g/mol. The Balaban J connectivity index is 1.59. The van der Waals surface area contributed by atoms with Gasteiger partial charge < -0.3 is 9.73 Å². The zero-order valence-corrected chi connectivity index (χ0v) is 16.7. The van der Waals surface area contributed by atoms with E-state index in [9.17, 15) is 4.79 Å². The smallest absolute Gasteiger partial charge is 0.227 e. The topological polar surface area (TPSA) is 58.4 Å². The van der Waals surface area contributed by atoms with Crippen LogP contribution < -0.4 is 5.32 Å². The molecule has 2 aromatic carbocycles. The molecule has 1 saturated heterocycles. The number of carbonyl (C=O) groups is 1. The standard InChI is InChI=1S/C23H27N3O2/c1-15(2)26(13-18-11-12-22(27)24-18)14-21-16(3)28-23(25-21)20-10-6-8-17-7-4-5-9-19(17)20/h4-10,15,18H,11-14H2,1-3H3,(H,24,27). The maximum Gasteiger partial charge on any atom is 0.227 e. The van der Waals surface area contributed by atoms with Crippen LogP contribution in [0.15, 0.2) is 46.9 Å². The molecule has 1 unspecified atom stereocenters. The van der Waals surface area contributed by atoms with E-state index in [0.29, 0.717) is 24.9 Å². The Bertz CT molecular complexity index is 987. The maximum atomic E-state index is 11.5. The van der Waals surface area contributed by atoms with Crippen LogP contribution in [-0.2, 0) is 11.3 Å². The summed E-state index contributed by atoms with van der Waals surface area (Å²) in [6.07, 6.45) is 1.53. The van der Waals surface area contributed by atoms with E-state index < -0.39 is 0 Å². The molecule has 146 valence electrons. The van der Waals surface area contributed by atoms with E-state index in [1.807, 2.05) is 25.1 Å². The summed E-state index contributed by atoms with van der Waals surface area (Å²) in [4.78, 5) is 18.7. The molecule has 0 radical (unpaired) electrons. The van der Waals surface area contributed by atoms with Crippen molar-refractivity contribution in [1.82, 2.24) is 15.2 Å². The van der Waals surface area contributed by atoms with Crippen LogP contribution in [-0.4, -0.2) is 34.4 Å². The van der Waals surface area contributed by atoms with Gasteiger partial charge in [0, 0.05) is 37.2 Å². The van der Waals surface area contributed by atoms with Crippen molar-refractivity contribution in [2.75, 3.05) is 6.54 Å². The first kappa shape index (κ1) is 18.7. The molecule has 0 spiro atoms. The summed E-state index contributed by atoms with van der Waals surface area (Å²) in [6.45, 7) is 7.88. The molecule has 0 aliphatic carbocycles. The van der Waals surface area contributed by atoms with Crippen LogP contribution in [0.1, 0.15) is 38.1 Å². The van der Waals surface area contributed by atoms with Crippen LogP contribution >= 0.6 is 0 Å². The predicted octanol–water partition coefficient (Wildman–Crippen LogP) is 4.29. The van der Waals surface area contributed by atoms with Gasteiger partial charge in [0.1, 0.15) is 5.76 Å². The van der Waals surface area contributed by atoms with E-state index in [2.05, 4.69) is 48.3 Å². The minimum Gasteiger partial charge on any atom is -0.441 e. The van der Waals surface area contributed by atoms with E-state index in [1.54, 1.807) is 0 Å². The van der Waals surface area contributed by atoms with Gasteiger partial charge in [0.25, 0.3) is 0 Å². The van der Waals surface area contributed by atoms with Crippen molar-refractivity contribution < 1.29 is 9.21 Å². The van der Waals surface area contributed by atoms with E-state index in [0.717, 1.165) is 35.4 Å². The molecular formula is C23H27N3O2. The number of fused-ring (bicyclic) bond motifs is 1. The van der Waals surface area contributed by atoms with E-state index in [-0.39, 0.29) is 11.9 Å². The van der Waals surface area contributed by atoms with Crippen LogP contribution in [0.4, 0.5) is 0 Å². The number of nitrogens with one attached hydrogen (secondary N) is 1. The van der Waals surface area contributed by atoms with E-state index in [1.165, 1.54) is 5.39 Å². The molecule has 1 aromatic heterocycles. The quantitative estimate of drug-likeness (QED) is 0.696. The van der Waals surface area contributed by atoms with Gasteiger partial charge in [-0.15, -0.1) is 0 Å². The van der Waals surface area contributed by atoms with Crippen molar-refractivity contribution in [3.05, 3.63) is 53.9 Å². The van der Waals surface area contributed by atoms with Gasteiger partial charge in [-0.05, 0) is 44.0 Å². The third-order valence-corrected chi connectivity index (χ3v) is 5.54. The molecule has 1 aliphatic heterocycles. The molecule has 1 N–H and O–H groups in total. The summed E-state index contributed by atoms with van der Waals surface area (Å²) in [5.41, 5.74) is 1.98. The number of rotatable bonds is 6. The number of carbonyl (C=O) groups excluding carboxylic acids is 1. The Kier molecular flexibility index (Phi) is 5.18. The number of aromatic nitrogens is 1.